The molecule has 3 fully saturated rings. The van der Waals surface area contributed by atoms with Crippen LogP contribution in [0.4, 0.5) is 0 Å². The lowest BCUT2D eigenvalue weighted by Crippen LogP contribution is -2.62. The molecule has 0 unspecified atom stereocenters. The molecule has 1 saturated carbocycles. The molecule has 2 aliphatic heterocycles. The van der Waals surface area contributed by atoms with E-state index in [9.17, 15) is 4.79 Å². The fourth-order valence-electron chi connectivity index (χ4n) is 3.91. The number of hydrogen-bond acceptors (Lipinski definition) is 6. The Hall–Kier alpha value is -0.690. The summed E-state index contributed by atoms with van der Waals surface area (Å²) in [4.78, 5) is 14.1. The highest BCUT2D eigenvalue weighted by molar-refractivity contribution is 5.77. The third-order valence-corrected chi connectivity index (χ3v) is 5.01. The molecule has 3 rings (SSSR count). The zero-order valence-corrected chi connectivity index (χ0v) is 13.0. The number of rotatable bonds is 2. The highest BCUT2D eigenvalue weighted by atomic mass is 16.8. The van der Waals surface area contributed by atoms with E-state index in [1.807, 2.05) is 11.9 Å². The minimum atomic E-state index is -0.526. The zero-order chi connectivity index (χ0) is 15.0. The predicted octanol–water partition coefficient (Wildman–Crippen LogP) is 0.933. The number of piperidine rings is 1. The largest absolute Gasteiger partial charge is 0.468 e. The van der Waals surface area contributed by atoms with Gasteiger partial charge >= 0.3 is 5.97 Å². The number of ether oxygens (including phenoxy) is 4. The molecule has 2 saturated heterocycles. The number of hydrogen-bond donors (Lipinski definition) is 0. The molecule has 2 heterocycles. The van der Waals surface area contributed by atoms with E-state index in [1.165, 1.54) is 13.5 Å². The van der Waals surface area contributed by atoms with Gasteiger partial charge in [-0.15, -0.1) is 0 Å². The van der Waals surface area contributed by atoms with Gasteiger partial charge in [0.25, 0.3) is 0 Å². The summed E-state index contributed by atoms with van der Waals surface area (Å²) in [7, 11) is 5.00. The average Bonchev–Trinajstić information content (AvgIpc) is 2.84. The SMILES string of the molecule is COC(=O)[C@H]1[C@@H]2OC3(CCCCC3)O[C@@H]2[C@H](OC)CN1C. The van der Waals surface area contributed by atoms with Crippen molar-refractivity contribution in [3.8, 4) is 0 Å². The van der Waals surface area contributed by atoms with Gasteiger partial charge in [-0.05, 0) is 19.9 Å². The monoisotopic (exact) mass is 299 g/mol. The number of esters is 1. The van der Waals surface area contributed by atoms with Crippen LogP contribution in [0.2, 0.25) is 0 Å². The van der Waals surface area contributed by atoms with Crippen LogP contribution < -0.4 is 0 Å². The lowest BCUT2D eigenvalue weighted by atomic mass is 9.94. The van der Waals surface area contributed by atoms with Crippen molar-refractivity contribution in [3.05, 3.63) is 0 Å². The maximum absolute atomic E-state index is 12.1. The minimum absolute atomic E-state index is 0.0813. The fourth-order valence-corrected chi connectivity index (χ4v) is 3.91. The van der Waals surface area contributed by atoms with Crippen molar-refractivity contribution < 1.29 is 23.7 Å². The van der Waals surface area contributed by atoms with Crippen molar-refractivity contribution in [2.45, 2.75) is 62.2 Å². The quantitative estimate of drug-likeness (QED) is 0.707. The summed E-state index contributed by atoms with van der Waals surface area (Å²) in [5.74, 6) is -0.791. The smallest absolute Gasteiger partial charge is 0.325 e. The fraction of sp³-hybridized carbons (Fsp3) is 0.933. The van der Waals surface area contributed by atoms with Crippen molar-refractivity contribution >= 4 is 5.97 Å². The normalized spacial score (nSPS) is 39.2. The van der Waals surface area contributed by atoms with Gasteiger partial charge in [0.1, 0.15) is 18.2 Å². The number of methoxy groups -OCH3 is 2. The summed E-state index contributed by atoms with van der Waals surface area (Å²) >= 11 is 0. The number of carbonyl (C=O) groups excluding carboxylic acids is 1. The van der Waals surface area contributed by atoms with Crippen LogP contribution >= 0.6 is 0 Å². The first-order chi connectivity index (χ1) is 10.1. The van der Waals surface area contributed by atoms with Gasteiger partial charge in [0.15, 0.2) is 5.79 Å². The van der Waals surface area contributed by atoms with Gasteiger partial charge in [-0.25, -0.2) is 0 Å². The van der Waals surface area contributed by atoms with E-state index >= 15 is 0 Å². The molecule has 0 aromatic rings. The van der Waals surface area contributed by atoms with Crippen molar-refractivity contribution in [1.82, 2.24) is 4.90 Å². The van der Waals surface area contributed by atoms with Gasteiger partial charge < -0.3 is 18.9 Å². The number of likely N-dealkylation sites (tertiary alicyclic amines) is 1. The summed E-state index contributed by atoms with van der Waals surface area (Å²) in [6.07, 6.45) is 4.63. The van der Waals surface area contributed by atoms with Gasteiger partial charge in [-0.3, -0.25) is 9.69 Å². The average molecular weight is 299 g/mol. The van der Waals surface area contributed by atoms with E-state index in [1.54, 1.807) is 7.11 Å². The second kappa shape index (κ2) is 5.83. The Labute approximate surface area is 125 Å². The Balaban J connectivity index is 1.85. The molecule has 0 aromatic carbocycles. The van der Waals surface area contributed by atoms with E-state index in [0.717, 1.165) is 25.7 Å². The van der Waals surface area contributed by atoms with Crippen LogP contribution in [0.1, 0.15) is 32.1 Å². The van der Waals surface area contributed by atoms with E-state index in [-0.39, 0.29) is 24.3 Å². The maximum atomic E-state index is 12.1. The van der Waals surface area contributed by atoms with E-state index in [4.69, 9.17) is 18.9 Å². The van der Waals surface area contributed by atoms with Crippen LogP contribution in [0.15, 0.2) is 0 Å². The minimum Gasteiger partial charge on any atom is -0.468 e. The van der Waals surface area contributed by atoms with E-state index < -0.39 is 11.8 Å². The predicted molar refractivity (Wildman–Crippen MR) is 74.8 cm³/mol. The van der Waals surface area contributed by atoms with Crippen LogP contribution in [0.5, 0.6) is 0 Å². The molecule has 3 aliphatic rings. The van der Waals surface area contributed by atoms with Crippen molar-refractivity contribution in [3.63, 3.8) is 0 Å². The zero-order valence-electron chi connectivity index (χ0n) is 13.0. The topological polar surface area (TPSA) is 57.2 Å². The Morgan fingerprint density at radius 1 is 1.14 bits per heavy atom. The molecule has 0 aromatic heterocycles. The molecule has 1 spiro atoms. The molecular weight excluding hydrogens is 274 g/mol. The summed E-state index contributed by atoms with van der Waals surface area (Å²) in [6, 6.07) is -0.423. The molecule has 0 bridgehead atoms. The van der Waals surface area contributed by atoms with Crippen molar-refractivity contribution in [1.29, 1.82) is 0 Å². The number of nitrogens with zero attached hydrogens (tertiary/aromatic N) is 1. The number of likely N-dealkylation sites (N-methyl/N-ethyl adjacent to an activating group) is 1. The third-order valence-electron chi connectivity index (χ3n) is 5.01. The first-order valence-corrected chi connectivity index (χ1v) is 7.77. The molecule has 6 heteroatoms. The molecule has 0 N–H and O–H groups in total. The molecule has 0 radical (unpaired) electrons. The summed E-state index contributed by atoms with van der Waals surface area (Å²) in [5.41, 5.74) is 0. The van der Waals surface area contributed by atoms with E-state index in [0.29, 0.717) is 6.54 Å². The highest BCUT2D eigenvalue weighted by Crippen LogP contribution is 2.44. The standard InChI is InChI=1S/C15H25NO5/c1-16-9-10(18-2)12-13(11(16)14(17)19-3)21-15(20-12)7-5-4-6-8-15/h10-13H,4-9H2,1-3H3/t10-,11-,12-,13+/m1/s1. The highest BCUT2D eigenvalue weighted by Gasteiger charge is 2.58. The van der Waals surface area contributed by atoms with Gasteiger partial charge in [-0.2, -0.15) is 0 Å². The van der Waals surface area contributed by atoms with Crippen molar-refractivity contribution in [2.24, 2.45) is 0 Å². The maximum Gasteiger partial charge on any atom is 0.325 e. The number of fused-ring (bicyclic) bond motifs is 1. The molecule has 0 amide bonds. The lowest BCUT2D eigenvalue weighted by molar-refractivity contribution is -0.200. The van der Waals surface area contributed by atoms with Crippen LogP contribution in [-0.2, 0) is 23.7 Å². The van der Waals surface area contributed by atoms with Gasteiger partial charge in [0, 0.05) is 26.5 Å². The third kappa shape index (κ3) is 2.59. The molecule has 6 nitrogen and oxygen atoms in total. The van der Waals surface area contributed by atoms with Gasteiger partial charge in [0.2, 0.25) is 0 Å². The Morgan fingerprint density at radius 3 is 2.43 bits per heavy atom. The van der Waals surface area contributed by atoms with Gasteiger partial charge in [0.05, 0.1) is 13.2 Å². The van der Waals surface area contributed by atoms with Gasteiger partial charge in [-0.1, -0.05) is 6.42 Å². The van der Waals surface area contributed by atoms with Crippen LogP contribution in [0, 0.1) is 0 Å². The Morgan fingerprint density at radius 2 is 1.81 bits per heavy atom. The summed E-state index contributed by atoms with van der Waals surface area (Å²) in [5, 5.41) is 0. The van der Waals surface area contributed by atoms with Crippen LogP contribution in [0.25, 0.3) is 0 Å². The first kappa shape index (κ1) is 15.2. The van der Waals surface area contributed by atoms with Crippen LogP contribution in [-0.4, -0.2) is 68.8 Å². The van der Waals surface area contributed by atoms with Crippen molar-refractivity contribution in [2.75, 3.05) is 27.8 Å². The lowest BCUT2D eigenvalue weighted by Gasteiger charge is -2.40. The summed E-state index contributed by atoms with van der Waals surface area (Å²) in [6.45, 7) is 0.636. The molecular formula is C15H25NO5. The first-order valence-electron chi connectivity index (χ1n) is 7.77. The molecule has 120 valence electrons. The Bertz CT molecular complexity index is 396. The van der Waals surface area contributed by atoms with E-state index in [2.05, 4.69) is 0 Å². The Kier molecular flexibility index (Phi) is 4.23. The van der Waals surface area contributed by atoms with Crippen LogP contribution in [0.3, 0.4) is 0 Å². The molecule has 21 heavy (non-hydrogen) atoms. The second-order valence-electron chi connectivity index (χ2n) is 6.32. The molecule has 4 atom stereocenters. The number of carbonyl (C=O) groups is 1. The molecule has 1 aliphatic carbocycles. The second-order valence-corrected chi connectivity index (χ2v) is 6.32. The summed E-state index contributed by atoms with van der Waals surface area (Å²) < 4.78 is 23.1.